The predicted octanol–water partition coefficient (Wildman–Crippen LogP) is 4.32. The largest absolute Gasteiger partial charge is 0.492 e. The SMILES string of the molecule is Cc1nn(C)cc1CN1Cc2cc(-c3cccc(F)c3)ccc2OC[C@@H]1C. The van der Waals surface area contributed by atoms with Crippen molar-refractivity contribution in [3.63, 3.8) is 0 Å². The fraction of sp³-hybridized carbons (Fsp3) is 0.318. The van der Waals surface area contributed by atoms with Crippen LogP contribution in [0.2, 0.25) is 0 Å². The Balaban J connectivity index is 1.64. The van der Waals surface area contributed by atoms with E-state index in [2.05, 4.69) is 29.2 Å². The van der Waals surface area contributed by atoms with Gasteiger partial charge in [0.2, 0.25) is 0 Å². The molecular weight excluding hydrogens is 341 g/mol. The Morgan fingerprint density at radius 2 is 2.00 bits per heavy atom. The molecule has 3 aromatic rings. The average Bonchev–Trinajstić information content (AvgIpc) is 2.87. The van der Waals surface area contributed by atoms with Crippen LogP contribution < -0.4 is 4.74 Å². The van der Waals surface area contributed by atoms with E-state index in [0.717, 1.165) is 41.2 Å². The van der Waals surface area contributed by atoms with Gasteiger partial charge in [-0.2, -0.15) is 5.10 Å². The van der Waals surface area contributed by atoms with Gasteiger partial charge >= 0.3 is 0 Å². The van der Waals surface area contributed by atoms with Crippen LogP contribution in [0, 0.1) is 12.7 Å². The maximum absolute atomic E-state index is 13.6. The first-order valence-corrected chi connectivity index (χ1v) is 9.24. The van der Waals surface area contributed by atoms with Crippen molar-refractivity contribution in [3.05, 3.63) is 71.3 Å². The maximum Gasteiger partial charge on any atom is 0.123 e. The molecule has 0 unspecified atom stereocenters. The number of halogens is 1. The van der Waals surface area contributed by atoms with Crippen molar-refractivity contribution in [2.45, 2.75) is 33.0 Å². The Labute approximate surface area is 159 Å². The summed E-state index contributed by atoms with van der Waals surface area (Å²) in [4.78, 5) is 2.41. The van der Waals surface area contributed by atoms with Gasteiger partial charge in [0, 0.05) is 43.5 Å². The molecule has 4 nitrogen and oxygen atoms in total. The Morgan fingerprint density at radius 1 is 1.19 bits per heavy atom. The van der Waals surface area contributed by atoms with Crippen molar-refractivity contribution in [3.8, 4) is 16.9 Å². The quantitative estimate of drug-likeness (QED) is 0.693. The van der Waals surface area contributed by atoms with Crippen molar-refractivity contribution >= 4 is 0 Å². The number of benzene rings is 2. The zero-order valence-electron chi connectivity index (χ0n) is 15.9. The number of hydrogen-bond acceptors (Lipinski definition) is 3. The van der Waals surface area contributed by atoms with E-state index in [9.17, 15) is 4.39 Å². The summed E-state index contributed by atoms with van der Waals surface area (Å²) in [5.41, 5.74) is 5.30. The highest BCUT2D eigenvalue weighted by atomic mass is 19.1. The monoisotopic (exact) mass is 365 g/mol. The molecule has 1 aliphatic heterocycles. The molecule has 0 N–H and O–H groups in total. The highest BCUT2D eigenvalue weighted by Gasteiger charge is 2.23. The van der Waals surface area contributed by atoms with Gasteiger partial charge in [-0.15, -0.1) is 0 Å². The van der Waals surface area contributed by atoms with E-state index in [4.69, 9.17) is 4.74 Å². The van der Waals surface area contributed by atoms with Crippen molar-refractivity contribution in [1.82, 2.24) is 14.7 Å². The van der Waals surface area contributed by atoms with Gasteiger partial charge in [-0.3, -0.25) is 9.58 Å². The summed E-state index contributed by atoms with van der Waals surface area (Å²) in [5, 5.41) is 4.45. The van der Waals surface area contributed by atoms with Gasteiger partial charge in [0.05, 0.1) is 5.69 Å². The van der Waals surface area contributed by atoms with Gasteiger partial charge in [-0.1, -0.05) is 18.2 Å². The van der Waals surface area contributed by atoms with Crippen LogP contribution in [0.1, 0.15) is 23.7 Å². The minimum absolute atomic E-state index is 0.221. The highest BCUT2D eigenvalue weighted by Crippen LogP contribution is 2.31. The molecule has 0 spiro atoms. The Hall–Kier alpha value is -2.66. The molecule has 1 aromatic heterocycles. The lowest BCUT2D eigenvalue weighted by Gasteiger charge is -2.25. The van der Waals surface area contributed by atoms with Crippen molar-refractivity contribution in [2.24, 2.45) is 7.05 Å². The number of aromatic nitrogens is 2. The van der Waals surface area contributed by atoms with Crippen molar-refractivity contribution in [1.29, 1.82) is 0 Å². The molecule has 0 fully saturated rings. The van der Waals surface area contributed by atoms with Crippen LogP contribution in [0.3, 0.4) is 0 Å². The lowest BCUT2D eigenvalue weighted by atomic mass is 10.0. The van der Waals surface area contributed by atoms with E-state index in [0.29, 0.717) is 6.61 Å². The molecule has 5 heteroatoms. The maximum atomic E-state index is 13.6. The van der Waals surface area contributed by atoms with Crippen LogP contribution in [-0.4, -0.2) is 27.3 Å². The molecule has 0 radical (unpaired) electrons. The summed E-state index contributed by atoms with van der Waals surface area (Å²) >= 11 is 0. The smallest absolute Gasteiger partial charge is 0.123 e. The molecule has 0 saturated heterocycles. The molecule has 2 heterocycles. The second-order valence-electron chi connectivity index (χ2n) is 7.31. The van der Waals surface area contributed by atoms with E-state index in [1.165, 1.54) is 11.6 Å². The van der Waals surface area contributed by atoms with Gasteiger partial charge in [0.15, 0.2) is 0 Å². The number of fused-ring (bicyclic) bond motifs is 1. The van der Waals surface area contributed by atoms with Gasteiger partial charge in [0.25, 0.3) is 0 Å². The topological polar surface area (TPSA) is 30.3 Å². The standard InChI is InChI=1S/C22H24FN3O/c1-15-14-27-22-8-7-18(17-5-4-6-21(23)10-17)9-19(22)12-26(15)13-20-11-25(3)24-16(20)2/h4-11,15H,12-14H2,1-3H3/t15-/m0/s1. The van der Waals surface area contributed by atoms with Gasteiger partial charge < -0.3 is 4.74 Å². The number of ether oxygens (including phenoxy) is 1. The fourth-order valence-corrected chi connectivity index (χ4v) is 3.62. The molecular formula is C22H24FN3O. The third kappa shape index (κ3) is 3.74. The summed E-state index contributed by atoms with van der Waals surface area (Å²) in [7, 11) is 1.95. The minimum Gasteiger partial charge on any atom is -0.492 e. The molecule has 0 aliphatic carbocycles. The first kappa shape index (κ1) is 17.7. The number of aryl methyl sites for hydroxylation is 2. The summed E-state index contributed by atoms with van der Waals surface area (Å²) < 4.78 is 21.5. The first-order valence-electron chi connectivity index (χ1n) is 9.24. The van der Waals surface area contributed by atoms with E-state index < -0.39 is 0 Å². The Bertz CT molecular complexity index is 966. The molecule has 140 valence electrons. The zero-order valence-corrected chi connectivity index (χ0v) is 15.9. The Morgan fingerprint density at radius 3 is 2.74 bits per heavy atom. The van der Waals surface area contributed by atoms with Crippen LogP contribution in [0.5, 0.6) is 5.75 Å². The zero-order chi connectivity index (χ0) is 19.0. The second-order valence-corrected chi connectivity index (χ2v) is 7.31. The van der Waals surface area contributed by atoms with Crippen LogP contribution in [0.4, 0.5) is 4.39 Å². The molecule has 4 rings (SSSR count). The summed E-state index contributed by atoms with van der Waals surface area (Å²) in [6, 6.07) is 13.1. The lowest BCUT2D eigenvalue weighted by molar-refractivity contribution is 0.151. The van der Waals surface area contributed by atoms with Gasteiger partial charge in [0.1, 0.15) is 18.2 Å². The van der Waals surface area contributed by atoms with E-state index in [-0.39, 0.29) is 11.9 Å². The third-order valence-corrected chi connectivity index (χ3v) is 5.18. The van der Waals surface area contributed by atoms with Crippen LogP contribution >= 0.6 is 0 Å². The molecule has 1 atom stereocenters. The van der Waals surface area contributed by atoms with Gasteiger partial charge in [-0.05, 0) is 49.2 Å². The van der Waals surface area contributed by atoms with Crippen molar-refractivity contribution in [2.75, 3.05) is 6.61 Å². The first-order chi connectivity index (χ1) is 13.0. The van der Waals surface area contributed by atoms with E-state index >= 15 is 0 Å². The normalized spacial score (nSPS) is 17.3. The summed E-state index contributed by atoms with van der Waals surface area (Å²) in [6.07, 6.45) is 2.08. The summed E-state index contributed by atoms with van der Waals surface area (Å²) in [6.45, 7) is 6.49. The molecule has 1 aliphatic rings. The van der Waals surface area contributed by atoms with Crippen LogP contribution in [0.15, 0.2) is 48.7 Å². The van der Waals surface area contributed by atoms with Crippen LogP contribution in [-0.2, 0) is 20.1 Å². The highest BCUT2D eigenvalue weighted by molar-refractivity contribution is 5.65. The molecule has 27 heavy (non-hydrogen) atoms. The van der Waals surface area contributed by atoms with E-state index in [1.54, 1.807) is 12.1 Å². The number of nitrogens with zero attached hydrogens (tertiary/aromatic N) is 3. The summed E-state index contributed by atoms with van der Waals surface area (Å²) in [5.74, 6) is 0.688. The number of hydrogen-bond donors (Lipinski definition) is 0. The number of rotatable bonds is 3. The molecule has 0 saturated carbocycles. The lowest BCUT2D eigenvalue weighted by Crippen LogP contribution is -2.34. The van der Waals surface area contributed by atoms with Crippen molar-refractivity contribution < 1.29 is 9.13 Å². The molecule has 2 aromatic carbocycles. The third-order valence-electron chi connectivity index (χ3n) is 5.18. The molecule has 0 amide bonds. The predicted molar refractivity (Wildman–Crippen MR) is 104 cm³/mol. The fourth-order valence-electron chi connectivity index (χ4n) is 3.62. The van der Waals surface area contributed by atoms with Crippen LogP contribution in [0.25, 0.3) is 11.1 Å². The van der Waals surface area contributed by atoms with E-state index in [1.807, 2.05) is 36.9 Å². The minimum atomic E-state index is -0.221. The average molecular weight is 365 g/mol. The Kier molecular flexibility index (Phi) is 4.70. The van der Waals surface area contributed by atoms with Gasteiger partial charge in [-0.25, -0.2) is 4.39 Å². The molecule has 0 bridgehead atoms. The second kappa shape index (κ2) is 7.16.